The molecule has 5 rings (SSSR count). The van der Waals surface area contributed by atoms with Crippen molar-refractivity contribution in [2.75, 3.05) is 5.32 Å². The zero-order valence-electron chi connectivity index (χ0n) is 16.3. The number of rotatable bonds is 4. The molecule has 0 spiro atoms. The zero-order valence-corrected chi connectivity index (χ0v) is 17.9. The van der Waals surface area contributed by atoms with Gasteiger partial charge in [-0.15, -0.1) is 5.10 Å². The lowest BCUT2D eigenvalue weighted by Crippen LogP contribution is -2.06. The standard InChI is InChI=1S/C22H16ClN5O2S/c1-14-17(23)11-7-12-18(14)24-20-16-10-5-6-13-19(16)28-21(25-20)22(26-27-28)31(29,30)15-8-3-2-4-9-15/h2-13H,1H3,(H,24,25). The van der Waals surface area contributed by atoms with E-state index >= 15 is 0 Å². The lowest BCUT2D eigenvalue weighted by molar-refractivity contribution is 0.592. The molecule has 1 N–H and O–H groups in total. The van der Waals surface area contributed by atoms with Crippen LogP contribution >= 0.6 is 11.6 Å². The van der Waals surface area contributed by atoms with Crippen LogP contribution in [0.4, 0.5) is 11.5 Å². The number of fused-ring (bicyclic) bond motifs is 3. The quantitative estimate of drug-likeness (QED) is 0.423. The van der Waals surface area contributed by atoms with Gasteiger partial charge in [-0.1, -0.05) is 53.2 Å². The van der Waals surface area contributed by atoms with E-state index in [2.05, 4.69) is 20.6 Å². The molecule has 5 aromatic rings. The van der Waals surface area contributed by atoms with Gasteiger partial charge in [0.2, 0.25) is 14.9 Å². The molecule has 0 aliphatic carbocycles. The van der Waals surface area contributed by atoms with Crippen molar-refractivity contribution < 1.29 is 8.42 Å². The number of nitrogens with zero attached hydrogens (tertiary/aromatic N) is 4. The predicted molar refractivity (Wildman–Crippen MR) is 120 cm³/mol. The molecule has 2 heterocycles. The fraction of sp³-hybridized carbons (Fsp3) is 0.0455. The van der Waals surface area contributed by atoms with Crippen LogP contribution in [0.15, 0.2) is 82.7 Å². The highest BCUT2D eigenvalue weighted by atomic mass is 35.5. The van der Waals surface area contributed by atoms with E-state index in [1.54, 1.807) is 18.2 Å². The fourth-order valence-corrected chi connectivity index (χ4v) is 4.83. The summed E-state index contributed by atoms with van der Waals surface area (Å²) in [4.78, 5) is 4.76. The number of anilines is 2. The number of halogens is 1. The number of hydrogen-bond acceptors (Lipinski definition) is 6. The smallest absolute Gasteiger partial charge is 0.229 e. The van der Waals surface area contributed by atoms with E-state index in [0.717, 1.165) is 16.6 Å². The maximum absolute atomic E-state index is 13.2. The molecule has 0 aliphatic heterocycles. The summed E-state index contributed by atoms with van der Waals surface area (Å²) < 4.78 is 27.9. The van der Waals surface area contributed by atoms with Crippen molar-refractivity contribution in [2.24, 2.45) is 0 Å². The molecule has 3 aromatic carbocycles. The predicted octanol–water partition coefficient (Wildman–Crippen LogP) is 4.82. The maximum Gasteiger partial charge on any atom is 0.229 e. The summed E-state index contributed by atoms with van der Waals surface area (Å²) in [5.41, 5.74) is 2.45. The molecule has 9 heteroatoms. The minimum absolute atomic E-state index is 0.132. The number of hydrogen-bond donors (Lipinski definition) is 1. The van der Waals surface area contributed by atoms with Crippen LogP contribution in [-0.4, -0.2) is 28.2 Å². The summed E-state index contributed by atoms with van der Waals surface area (Å²) in [5, 5.41) is 12.6. The van der Waals surface area contributed by atoms with E-state index in [9.17, 15) is 8.42 Å². The summed E-state index contributed by atoms with van der Waals surface area (Å²) in [5.74, 6) is 0.486. The van der Waals surface area contributed by atoms with Gasteiger partial charge in [0.25, 0.3) is 0 Å². The largest absolute Gasteiger partial charge is 0.339 e. The van der Waals surface area contributed by atoms with Gasteiger partial charge in [0, 0.05) is 16.1 Å². The molecule has 0 bridgehead atoms. The average molecular weight is 450 g/mol. The highest BCUT2D eigenvalue weighted by Crippen LogP contribution is 2.31. The molecule has 0 fully saturated rings. The summed E-state index contributed by atoms with van der Waals surface area (Å²) in [6.07, 6.45) is 0. The van der Waals surface area contributed by atoms with Gasteiger partial charge in [0.15, 0.2) is 5.65 Å². The Morgan fingerprint density at radius 3 is 2.48 bits per heavy atom. The molecule has 0 amide bonds. The molecule has 154 valence electrons. The van der Waals surface area contributed by atoms with E-state index in [0.29, 0.717) is 16.4 Å². The van der Waals surface area contributed by atoms with Crippen LogP contribution in [0, 0.1) is 6.92 Å². The SMILES string of the molecule is Cc1c(Cl)cccc1Nc1nc2c(S(=O)(=O)c3ccccc3)nnn2c2ccccc12. The number of nitrogens with one attached hydrogen (secondary N) is 1. The Balaban J connectivity index is 1.77. The Kier molecular flexibility index (Phi) is 4.60. The molecule has 31 heavy (non-hydrogen) atoms. The molecular formula is C22H16ClN5O2S. The summed E-state index contributed by atoms with van der Waals surface area (Å²) in [7, 11) is -3.90. The zero-order chi connectivity index (χ0) is 21.6. The molecule has 0 saturated heterocycles. The molecule has 0 unspecified atom stereocenters. The summed E-state index contributed by atoms with van der Waals surface area (Å²) in [6.45, 7) is 1.90. The first-order chi connectivity index (χ1) is 15.0. The third-order valence-corrected chi connectivity index (χ3v) is 7.13. The van der Waals surface area contributed by atoms with Crippen LogP contribution in [-0.2, 0) is 9.84 Å². The minimum Gasteiger partial charge on any atom is -0.339 e. The molecule has 0 radical (unpaired) electrons. The monoisotopic (exact) mass is 449 g/mol. The fourth-order valence-electron chi connectivity index (χ4n) is 3.40. The lowest BCUT2D eigenvalue weighted by atomic mass is 10.2. The Morgan fingerprint density at radius 2 is 1.68 bits per heavy atom. The Hall–Kier alpha value is -3.49. The van der Waals surface area contributed by atoms with Crippen LogP contribution in [0.2, 0.25) is 5.02 Å². The number of benzene rings is 3. The van der Waals surface area contributed by atoms with E-state index in [1.807, 2.05) is 49.4 Å². The van der Waals surface area contributed by atoms with Crippen LogP contribution in [0.5, 0.6) is 0 Å². The third-order valence-electron chi connectivity index (χ3n) is 5.05. The van der Waals surface area contributed by atoms with Crippen LogP contribution in [0.25, 0.3) is 16.6 Å². The van der Waals surface area contributed by atoms with Crippen molar-refractivity contribution in [1.82, 2.24) is 19.8 Å². The highest BCUT2D eigenvalue weighted by molar-refractivity contribution is 7.91. The van der Waals surface area contributed by atoms with Gasteiger partial charge >= 0.3 is 0 Å². The molecule has 0 atom stereocenters. The second-order valence-electron chi connectivity index (χ2n) is 6.96. The Morgan fingerprint density at radius 1 is 0.935 bits per heavy atom. The summed E-state index contributed by atoms with van der Waals surface area (Å²) >= 11 is 6.26. The molecule has 2 aromatic heterocycles. The topological polar surface area (TPSA) is 89.2 Å². The van der Waals surface area contributed by atoms with Gasteiger partial charge in [-0.2, -0.15) is 4.52 Å². The molecular weight excluding hydrogens is 434 g/mol. The van der Waals surface area contributed by atoms with E-state index in [-0.39, 0.29) is 15.6 Å². The van der Waals surface area contributed by atoms with Gasteiger partial charge in [0.05, 0.1) is 10.4 Å². The number of sulfone groups is 1. The Labute approximate surface area is 183 Å². The van der Waals surface area contributed by atoms with Gasteiger partial charge < -0.3 is 5.32 Å². The second-order valence-corrected chi connectivity index (χ2v) is 9.23. The van der Waals surface area contributed by atoms with Crippen molar-refractivity contribution in [3.63, 3.8) is 0 Å². The van der Waals surface area contributed by atoms with Gasteiger partial charge in [-0.25, -0.2) is 13.4 Å². The van der Waals surface area contributed by atoms with Crippen molar-refractivity contribution in [3.05, 3.63) is 83.4 Å². The van der Waals surface area contributed by atoms with Crippen LogP contribution in [0.1, 0.15) is 5.56 Å². The van der Waals surface area contributed by atoms with E-state index in [4.69, 9.17) is 11.6 Å². The lowest BCUT2D eigenvalue weighted by Gasteiger charge is -2.13. The van der Waals surface area contributed by atoms with Gasteiger partial charge in [-0.05, 0) is 48.9 Å². The summed E-state index contributed by atoms with van der Waals surface area (Å²) in [6, 6.07) is 21.1. The Bertz CT molecular complexity index is 1550. The first kappa shape index (κ1) is 19.5. The van der Waals surface area contributed by atoms with Crippen molar-refractivity contribution >= 4 is 49.5 Å². The third kappa shape index (κ3) is 3.20. The van der Waals surface area contributed by atoms with Gasteiger partial charge in [-0.3, -0.25) is 0 Å². The first-order valence-corrected chi connectivity index (χ1v) is 11.3. The van der Waals surface area contributed by atoms with E-state index < -0.39 is 9.84 Å². The molecule has 0 aliphatic rings. The van der Waals surface area contributed by atoms with Crippen molar-refractivity contribution in [1.29, 1.82) is 0 Å². The molecule has 0 saturated carbocycles. The number of aromatic nitrogens is 4. The molecule has 7 nitrogen and oxygen atoms in total. The van der Waals surface area contributed by atoms with Crippen molar-refractivity contribution in [2.45, 2.75) is 16.8 Å². The van der Waals surface area contributed by atoms with Gasteiger partial charge in [0.1, 0.15) is 5.82 Å². The van der Waals surface area contributed by atoms with Crippen LogP contribution < -0.4 is 5.32 Å². The van der Waals surface area contributed by atoms with Crippen LogP contribution in [0.3, 0.4) is 0 Å². The number of para-hydroxylation sites is 1. The second kappa shape index (κ2) is 7.33. The van der Waals surface area contributed by atoms with E-state index in [1.165, 1.54) is 16.6 Å². The average Bonchev–Trinajstić information content (AvgIpc) is 3.22. The first-order valence-electron chi connectivity index (χ1n) is 9.43. The maximum atomic E-state index is 13.2. The minimum atomic E-state index is -3.90. The normalized spacial score (nSPS) is 11.8. The highest BCUT2D eigenvalue weighted by Gasteiger charge is 2.27. The van der Waals surface area contributed by atoms with Crippen molar-refractivity contribution in [3.8, 4) is 0 Å².